The molecule has 3 unspecified atom stereocenters. The molecule has 1 aromatic carbocycles. The molecule has 1 fully saturated rings. The summed E-state index contributed by atoms with van der Waals surface area (Å²) in [5.41, 5.74) is 6.20. The maximum atomic E-state index is 13.1. The van der Waals surface area contributed by atoms with Gasteiger partial charge in [0.1, 0.15) is 11.6 Å². The van der Waals surface area contributed by atoms with Crippen LogP contribution >= 0.6 is 0 Å². The topological polar surface area (TPSA) is 72.2 Å². The van der Waals surface area contributed by atoms with Gasteiger partial charge in [-0.25, -0.2) is 4.39 Å². The van der Waals surface area contributed by atoms with E-state index in [1.54, 1.807) is 0 Å². The van der Waals surface area contributed by atoms with Crippen LogP contribution in [0, 0.1) is 11.7 Å². The minimum Gasteiger partial charge on any atom is -0.397 e. The summed E-state index contributed by atoms with van der Waals surface area (Å²) in [4.78, 5) is 11.9. The first-order valence-corrected chi connectivity index (χ1v) is 8.56. The molecule has 2 rings (SSSR count). The maximum Gasteiger partial charge on any atom is 0.237 e. The molecule has 4 nitrogen and oxygen atoms in total. The molecule has 3 atom stereocenters. The number of carbonyl (C=O) groups excluding carboxylic acids is 1. The molecule has 0 spiro atoms. The summed E-state index contributed by atoms with van der Waals surface area (Å²) in [5, 5.41) is 2.62. The van der Waals surface area contributed by atoms with E-state index in [0.29, 0.717) is 11.6 Å². The Balaban J connectivity index is 1.92. The van der Waals surface area contributed by atoms with Crippen molar-refractivity contribution in [3.63, 3.8) is 0 Å². The van der Waals surface area contributed by atoms with Gasteiger partial charge in [0.15, 0.2) is 0 Å². The molecule has 116 valence electrons. The maximum absolute atomic E-state index is 13.1. The summed E-state index contributed by atoms with van der Waals surface area (Å²) in [5.74, 6) is -0.354. The van der Waals surface area contributed by atoms with Crippen LogP contribution < -0.4 is 11.1 Å². The van der Waals surface area contributed by atoms with E-state index in [4.69, 9.17) is 5.73 Å². The van der Waals surface area contributed by atoms with Crippen LogP contribution in [-0.4, -0.2) is 21.1 Å². The molecule has 0 aliphatic heterocycles. The Hall–Kier alpha value is -1.43. The van der Waals surface area contributed by atoms with Gasteiger partial charge in [-0.2, -0.15) is 0 Å². The first-order chi connectivity index (χ1) is 9.95. The average Bonchev–Trinajstić information content (AvgIpc) is 2.42. The van der Waals surface area contributed by atoms with Crippen molar-refractivity contribution in [3.8, 4) is 0 Å². The van der Waals surface area contributed by atoms with Gasteiger partial charge in [0, 0.05) is 16.0 Å². The molecular weight excluding hydrogens is 291 g/mol. The highest BCUT2D eigenvalue weighted by atomic mass is 32.2. The minimum absolute atomic E-state index is 0.0622. The van der Waals surface area contributed by atoms with Crippen molar-refractivity contribution in [1.82, 2.24) is 0 Å². The molecule has 1 aromatic rings. The summed E-state index contributed by atoms with van der Waals surface area (Å²) < 4.78 is 25.4. The Kier molecular flexibility index (Phi) is 5.33. The Bertz CT molecular complexity index is 550. The highest BCUT2D eigenvalue weighted by Crippen LogP contribution is 2.27. The van der Waals surface area contributed by atoms with Crippen molar-refractivity contribution in [3.05, 3.63) is 24.0 Å². The zero-order valence-corrected chi connectivity index (χ0v) is 12.9. The second-order valence-electron chi connectivity index (χ2n) is 5.70. The largest absolute Gasteiger partial charge is 0.397 e. The lowest BCUT2D eigenvalue weighted by molar-refractivity contribution is -0.113. The molecule has 0 saturated heterocycles. The molecule has 0 radical (unpaired) electrons. The van der Waals surface area contributed by atoms with Gasteiger partial charge in [-0.05, 0) is 37.0 Å². The first-order valence-electron chi connectivity index (χ1n) is 7.17. The van der Waals surface area contributed by atoms with Gasteiger partial charge in [0.05, 0.1) is 11.4 Å². The quantitative estimate of drug-likeness (QED) is 0.840. The Morgan fingerprint density at radius 3 is 2.95 bits per heavy atom. The van der Waals surface area contributed by atoms with Crippen LogP contribution in [0.4, 0.5) is 15.8 Å². The summed E-state index contributed by atoms with van der Waals surface area (Å²) in [7, 11) is -1.19. The second-order valence-corrected chi connectivity index (χ2v) is 7.42. The van der Waals surface area contributed by atoms with Gasteiger partial charge in [-0.3, -0.25) is 9.00 Å². The number of nitrogen functional groups attached to an aromatic ring is 1. The van der Waals surface area contributed by atoms with Crippen LogP contribution in [0.2, 0.25) is 0 Å². The number of rotatable bonds is 4. The molecule has 0 bridgehead atoms. The number of hydrogen-bond donors (Lipinski definition) is 2. The van der Waals surface area contributed by atoms with E-state index >= 15 is 0 Å². The highest BCUT2D eigenvalue weighted by Gasteiger charge is 2.25. The van der Waals surface area contributed by atoms with Crippen LogP contribution in [0.3, 0.4) is 0 Å². The number of nitrogens with two attached hydrogens (primary N) is 1. The zero-order valence-electron chi connectivity index (χ0n) is 12.1. The number of nitrogens with one attached hydrogen (secondary N) is 1. The van der Waals surface area contributed by atoms with Crippen LogP contribution in [-0.2, 0) is 15.6 Å². The van der Waals surface area contributed by atoms with E-state index in [0.717, 1.165) is 19.3 Å². The third-order valence-electron chi connectivity index (χ3n) is 3.82. The van der Waals surface area contributed by atoms with Gasteiger partial charge in [0.25, 0.3) is 0 Å². The molecule has 21 heavy (non-hydrogen) atoms. The molecule has 6 heteroatoms. The van der Waals surface area contributed by atoms with Crippen molar-refractivity contribution >= 4 is 28.1 Å². The number of amides is 1. The fourth-order valence-electron chi connectivity index (χ4n) is 2.69. The minimum atomic E-state index is -1.19. The van der Waals surface area contributed by atoms with Gasteiger partial charge in [-0.1, -0.05) is 19.8 Å². The Labute approximate surface area is 126 Å². The van der Waals surface area contributed by atoms with Crippen molar-refractivity contribution in [2.45, 2.75) is 37.9 Å². The van der Waals surface area contributed by atoms with Crippen molar-refractivity contribution in [1.29, 1.82) is 0 Å². The van der Waals surface area contributed by atoms with Gasteiger partial charge < -0.3 is 11.1 Å². The zero-order chi connectivity index (χ0) is 15.4. The average molecular weight is 312 g/mol. The van der Waals surface area contributed by atoms with E-state index in [-0.39, 0.29) is 22.6 Å². The first kappa shape index (κ1) is 15.9. The standard InChI is InChI=1S/C15H21FN2O2S/c1-10-3-2-4-12(7-10)21(20)9-15(19)18-14-8-11(16)5-6-13(14)17/h5-6,8,10,12H,2-4,7,9,17H2,1H3,(H,18,19). The van der Waals surface area contributed by atoms with Crippen LogP contribution in [0.1, 0.15) is 32.6 Å². The molecule has 1 saturated carbocycles. The number of carbonyl (C=O) groups is 1. The van der Waals surface area contributed by atoms with E-state index < -0.39 is 16.6 Å². The number of anilines is 2. The van der Waals surface area contributed by atoms with E-state index in [1.165, 1.54) is 24.6 Å². The summed E-state index contributed by atoms with van der Waals surface area (Å²) in [6, 6.07) is 3.79. The molecule has 1 amide bonds. The third kappa shape index (κ3) is 4.52. The molecule has 0 aromatic heterocycles. The van der Waals surface area contributed by atoms with Crippen molar-refractivity contribution in [2.75, 3.05) is 16.8 Å². The SMILES string of the molecule is CC1CCCC(S(=O)CC(=O)Nc2cc(F)ccc2N)C1. The van der Waals surface area contributed by atoms with Crippen LogP contribution in [0.25, 0.3) is 0 Å². The van der Waals surface area contributed by atoms with Gasteiger partial charge in [-0.15, -0.1) is 0 Å². The number of hydrogen-bond acceptors (Lipinski definition) is 3. The van der Waals surface area contributed by atoms with Gasteiger partial charge in [0.2, 0.25) is 5.91 Å². The van der Waals surface area contributed by atoms with Crippen molar-refractivity contribution in [2.24, 2.45) is 5.92 Å². The lowest BCUT2D eigenvalue weighted by atomic mass is 9.91. The van der Waals surface area contributed by atoms with E-state index in [9.17, 15) is 13.4 Å². The number of benzene rings is 1. The Morgan fingerprint density at radius 2 is 2.24 bits per heavy atom. The smallest absolute Gasteiger partial charge is 0.237 e. The molecule has 1 aliphatic rings. The van der Waals surface area contributed by atoms with E-state index in [1.807, 2.05) is 0 Å². The highest BCUT2D eigenvalue weighted by molar-refractivity contribution is 7.86. The van der Waals surface area contributed by atoms with Crippen molar-refractivity contribution < 1.29 is 13.4 Å². The molecular formula is C15H21FN2O2S. The monoisotopic (exact) mass is 312 g/mol. The normalized spacial score (nSPS) is 23.5. The fourth-order valence-corrected chi connectivity index (χ4v) is 4.23. The summed E-state index contributed by atoms with van der Waals surface area (Å²) >= 11 is 0. The summed E-state index contributed by atoms with van der Waals surface area (Å²) in [6.07, 6.45) is 4.05. The lowest BCUT2D eigenvalue weighted by Gasteiger charge is -2.25. The summed E-state index contributed by atoms with van der Waals surface area (Å²) in [6.45, 7) is 2.15. The molecule has 0 heterocycles. The molecule has 1 aliphatic carbocycles. The fraction of sp³-hybridized carbons (Fsp3) is 0.533. The lowest BCUT2D eigenvalue weighted by Crippen LogP contribution is -2.29. The Morgan fingerprint density at radius 1 is 1.48 bits per heavy atom. The van der Waals surface area contributed by atoms with Gasteiger partial charge >= 0.3 is 0 Å². The van der Waals surface area contributed by atoms with E-state index in [2.05, 4.69) is 12.2 Å². The number of halogens is 1. The second kappa shape index (κ2) is 7.02. The predicted molar refractivity (Wildman–Crippen MR) is 83.9 cm³/mol. The van der Waals surface area contributed by atoms with Crippen LogP contribution in [0.5, 0.6) is 0 Å². The molecule has 3 N–H and O–H groups in total. The predicted octanol–water partition coefficient (Wildman–Crippen LogP) is 2.67. The van der Waals surface area contributed by atoms with Crippen LogP contribution in [0.15, 0.2) is 18.2 Å². The third-order valence-corrected chi connectivity index (χ3v) is 5.54.